The van der Waals surface area contributed by atoms with Crippen LogP contribution in [0.2, 0.25) is 0 Å². The van der Waals surface area contributed by atoms with Crippen LogP contribution in [0.5, 0.6) is 0 Å². The lowest BCUT2D eigenvalue weighted by Gasteiger charge is -2.51. The van der Waals surface area contributed by atoms with E-state index in [1.807, 2.05) is 16.9 Å². The summed E-state index contributed by atoms with van der Waals surface area (Å²) in [5, 5.41) is 8.16. The molecule has 19 heavy (non-hydrogen) atoms. The molecule has 1 saturated heterocycles. The van der Waals surface area contributed by atoms with Gasteiger partial charge in [0.05, 0.1) is 6.54 Å². The molecule has 2 heterocycles. The van der Waals surface area contributed by atoms with Crippen molar-refractivity contribution in [3.63, 3.8) is 0 Å². The number of rotatable bonds is 3. The van der Waals surface area contributed by atoms with E-state index in [1.54, 1.807) is 0 Å². The number of nitrogens with zero attached hydrogens (tertiary/aromatic N) is 3. The molecule has 0 aromatic carbocycles. The van der Waals surface area contributed by atoms with E-state index in [2.05, 4.69) is 35.4 Å². The summed E-state index contributed by atoms with van der Waals surface area (Å²) in [6.45, 7) is 9.09. The molecule has 0 unspecified atom stereocenters. The quantitative estimate of drug-likeness (QED) is 0.903. The van der Waals surface area contributed by atoms with Crippen LogP contribution >= 0.6 is 0 Å². The minimum atomic E-state index is 0.251. The van der Waals surface area contributed by atoms with Crippen molar-refractivity contribution in [1.82, 2.24) is 20.0 Å². The van der Waals surface area contributed by atoms with Gasteiger partial charge < -0.3 is 5.32 Å². The Balaban J connectivity index is 1.65. The maximum absolute atomic E-state index is 4.31. The van der Waals surface area contributed by atoms with Crippen molar-refractivity contribution in [3.8, 4) is 0 Å². The number of piperazine rings is 1. The topological polar surface area (TPSA) is 33.1 Å². The van der Waals surface area contributed by atoms with Gasteiger partial charge in [-0.3, -0.25) is 9.58 Å². The highest BCUT2D eigenvalue weighted by molar-refractivity contribution is 5.04. The van der Waals surface area contributed by atoms with Gasteiger partial charge in [0, 0.05) is 43.1 Å². The average Bonchev–Trinajstić information content (AvgIpc) is 3.03. The monoisotopic (exact) mass is 262 g/mol. The van der Waals surface area contributed by atoms with E-state index >= 15 is 0 Å². The fourth-order valence-electron chi connectivity index (χ4n) is 3.58. The zero-order valence-corrected chi connectivity index (χ0v) is 12.2. The van der Waals surface area contributed by atoms with Gasteiger partial charge in [0.15, 0.2) is 0 Å². The van der Waals surface area contributed by atoms with Crippen molar-refractivity contribution in [2.24, 2.45) is 0 Å². The van der Waals surface area contributed by atoms with Crippen molar-refractivity contribution in [3.05, 3.63) is 18.5 Å². The van der Waals surface area contributed by atoms with Gasteiger partial charge in [-0.2, -0.15) is 5.10 Å². The molecule has 1 saturated carbocycles. The van der Waals surface area contributed by atoms with Crippen molar-refractivity contribution < 1.29 is 0 Å². The smallest absolute Gasteiger partial charge is 0.0536 e. The Labute approximate surface area is 116 Å². The van der Waals surface area contributed by atoms with Crippen molar-refractivity contribution >= 4 is 0 Å². The second kappa shape index (κ2) is 4.91. The van der Waals surface area contributed by atoms with Crippen molar-refractivity contribution in [2.75, 3.05) is 19.6 Å². The largest absolute Gasteiger partial charge is 0.308 e. The summed E-state index contributed by atoms with van der Waals surface area (Å²) in [5.41, 5.74) is 0.653. The Hall–Kier alpha value is -0.870. The van der Waals surface area contributed by atoms with Gasteiger partial charge in [-0.1, -0.05) is 12.8 Å². The lowest BCUT2D eigenvalue weighted by molar-refractivity contribution is 0.0251. The number of aromatic nitrogens is 2. The van der Waals surface area contributed by atoms with Crippen LogP contribution in [0.3, 0.4) is 0 Å². The Kier molecular flexibility index (Phi) is 3.39. The first-order chi connectivity index (χ1) is 9.10. The molecule has 2 fully saturated rings. The molecule has 1 aliphatic heterocycles. The molecule has 0 atom stereocenters. The molecule has 0 radical (unpaired) electrons. The van der Waals surface area contributed by atoms with Crippen LogP contribution in [-0.2, 0) is 6.54 Å². The van der Waals surface area contributed by atoms with Crippen molar-refractivity contribution in [1.29, 1.82) is 0 Å². The van der Waals surface area contributed by atoms with Gasteiger partial charge >= 0.3 is 0 Å². The van der Waals surface area contributed by atoms with Gasteiger partial charge in [-0.05, 0) is 32.8 Å². The van der Waals surface area contributed by atoms with E-state index < -0.39 is 0 Å². The van der Waals surface area contributed by atoms with Crippen LogP contribution in [0.15, 0.2) is 18.5 Å². The lowest BCUT2D eigenvalue weighted by Crippen LogP contribution is -2.67. The van der Waals surface area contributed by atoms with Crippen LogP contribution < -0.4 is 5.32 Å². The lowest BCUT2D eigenvalue weighted by atomic mass is 9.87. The molecule has 0 bridgehead atoms. The Morgan fingerprint density at radius 2 is 2.00 bits per heavy atom. The third-order valence-corrected chi connectivity index (χ3v) is 4.96. The molecule has 106 valence electrons. The van der Waals surface area contributed by atoms with E-state index in [0.717, 1.165) is 19.6 Å². The molecule has 2 aliphatic rings. The predicted molar refractivity (Wildman–Crippen MR) is 77.1 cm³/mol. The second-order valence-corrected chi connectivity index (χ2v) is 6.84. The van der Waals surface area contributed by atoms with E-state index in [9.17, 15) is 0 Å². The SMILES string of the molecule is CC1(C)CNC2(CCCC2)CN1CCn1cccn1. The fraction of sp³-hybridized carbons (Fsp3) is 0.800. The molecule has 1 N–H and O–H groups in total. The molecule has 0 amide bonds. The maximum atomic E-state index is 4.31. The molecule has 3 rings (SSSR count). The zero-order valence-electron chi connectivity index (χ0n) is 12.2. The minimum absolute atomic E-state index is 0.251. The van der Waals surface area contributed by atoms with Gasteiger partial charge in [0.25, 0.3) is 0 Å². The van der Waals surface area contributed by atoms with Crippen LogP contribution in [-0.4, -0.2) is 45.4 Å². The highest BCUT2D eigenvalue weighted by Gasteiger charge is 2.43. The molecular formula is C15H26N4. The van der Waals surface area contributed by atoms with E-state index in [1.165, 1.54) is 32.2 Å². The third kappa shape index (κ3) is 2.70. The Morgan fingerprint density at radius 3 is 2.68 bits per heavy atom. The predicted octanol–water partition coefficient (Wildman–Crippen LogP) is 1.88. The summed E-state index contributed by atoms with van der Waals surface area (Å²) in [6.07, 6.45) is 9.39. The summed E-state index contributed by atoms with van der Waals surface area (Å²) in [5.74, 6) is 0. The third-order valence-electron chi connectivity index (χ3n) is 4.96. The first kappa shape index (κ1) is 13.1. The normalized spacial score (nSPS) is 26.0. The molecule has 1 spiro atoms. The zero-order chi connectivity index (χ0) is 13.3. The Bertz CT molecular complexity index is 404. The molecule has 1 aromatic rings. The van der Waals surface area contributed by atoms with Gasteiger partial charge in [0.1, 0.15) is 0 Å². The first-order valence-corrected chi connectivity index (χ1v) is 7.57. The number of nitrogens with one attached hydrogen (secondary N) is 1. The summed E-state index contributed by atoms with van der Waals surface area (Å²) < 4.78 is 2.04. The van der Waals surface area contributed by atoms with Crippen LogP contribution in [0.4, 0.5) is 0 Å². The maximum Gasteiger partial charge on any atom is 0.0536 e. The van der Waals surface area contributed by atoms with Crippen LogP contribution in [0.25, 0.3) is 0 Å². The molecule has 1 aliphatic carbocycles. The average molecular weight is 262 g/mol. The fourth-order valence-corrected chi connectivity index (χ4v) is 3.58. The molecule has 4 heteroatoms. The number of hydrogen-bond acceptors (Lipinski definition) is 3. The van der Waals surface area contributed by atoms with Gasteiger partial charge in [0.2, 0.25) is 0 Å². The van der Waals surface area contributed by atoms with E-state index in [4.69, 9.17) is 0 Å². The summed E-state index contributed by atoms with van der Waals surface area (Å²) in [4.78, 5) is 2.66. The van der Waals surface area contributed by atoms with Crippen molar-refractivity contribution in [2.45, 2.75) is 57.2 Å². The van der Waals surface area contributed by atoms with E-state index in [0.29, 0.717) is 5.54 Å². The molecule has 1 aromatic heterocycles. The van der Waals surface area contributed by atoms with Crippen LogP contribution in [0, 0.1) is 0 Å². The first-order valence-electron chi connectivity index (χ1n) is 7.57. The second-order valence-electron chi connectivity index (χ2n) is 6.84. The summed E-state index contributed by atoms with van der Waals surface area (Å²) in [7, 11) is 0. The Morgan fingerprint density at radius 1 is 1.21 bits per heavy atom. The standard InChI is InChI=1S/C15H26N4/c1-14(2)12-16-15(6-3-4-7-15)13-18(14)10-11-19-9-5-8-17-19/h5,8-9,16H,3-4,6-7,10-13H2,1-2H3. The molecular weight excluding hydrogens is 236 g/mol. The van der Waals surface area contributed by atoms with Gasteiger partial charge in [-0.25, -0.2) is 0 Å². The highest BCUT2D eigenvalue weighted by Crippen LogP contribution is 2.35. The highest BCUT2D eigenvalue weighted by atomic mass is 15.3. The van der Waals surface area contributed by atoms with Gasteiger partial charge in [-0.15, -0.1) is 0 Å². The summed E-state index contributed by atoms with van der Waals surface area (Å²) >= 11 is 0. The minimum Gasteiger partial charge on any atom is -0.308 e. The molecule has 4 nitrogen and oxygen atoms in total. The van der Waals surface area contributed by atoms with Crippen LogP contribution in [0.1, 0.15) is 39.5 Å². The number of hydrogen-bond donors (Lipinski definition) is 1. The summed E-state index contributed by atoms with van der Waals surface area (Å²) in [6, 6.07) is 2.00. The van der Waals surface area contributed by atoms with E-state index in [-0.39, 0.29) is 5.54 Å².